The molecule has 0 saturated carbocycles. The Balaban J connectivity index is 1.64. The number of nitrogens with zero attached hydrogens (tertiary/aromatic N) is 5. The average Bonchev–Trinajstić information content (AvgIpc) is 2.67. The fourth-order valence-corrected chi connectivity index (χ4v) is 3.80. The van der Waals surface area contributed by atoms with Crippen LogP contribution in [0.4, 0.5) is 17.6 Å². The van der Waals surface area contributed by atoms with Crippen LogP contribution in [0.1, 0.15) is 11.1 Å². The predicted octanol–water partition coefficient (Wildman–Crippen LogP) is 0.734. The van der Waals surface area contributed by atoms with Crippen molar-refractivity contribution in [1.29, 1.82) is 0 Å². The van der Waals surface area contributed by atoms with E-state index in [0.29, 0.717) is 0 Å². The summed E-state index contributed by atoms with van der Waals surface area (Å²) in [7, 11) is 2.13. The van der Waals surface area contributed by atoms with Gasteiger partial charge in [0, 0.05) is 38.8 Å². The Hall–Kier alpha value is -2.38. The molecule has 4 rings (SSSR count). The highest BCUT2D eigenvalue weighted by atomic mass is 16.3. The third-order valence-corrected chi connectivity index (χ3v) is 5.40. The lowest BCUT2D eigenvalue weighted by molar-refractivity contribution is 0.253. The first-order valence-electron chi connectivity index (χ1n) is 9.16. The average molecular weight is 354 g/mol. The largest absolute Gasteiger partial charge is 0.394 e. The molecule has 138 valence electrons. The Morgan fingerprint density at radius 1 is 1.08 bits per heavy atom. The van der Waals surface area contributed by atoms with E-state index in [1.54, 1.807) is 0 Å². The van der Waals surface area contributed by atoms with Gasteiger partial charge < -0.3 is 25.5 Å². The molecule has 0 amide bonds. The van der Waals surface area contributed by atoms with Crippen LogP contribution in [0.3, 0.4) is 0 Å². The number of anilines is 3. The van der Waals surface area contributed by atoms with Gasteiger partial charge in [0.15, 0.2) is 0 Å². The van der Waals surface area contributed by atoms with Crippen LogP contribution in [-0.2, 0) is 13.0 Å². The number of likely N-dealkylation sites (N-methyl/N-ethyl adjacent to an activating group) is 1. The molecule has 7 heteroatoms. The van der Waals surface area contributed by atoms with Crippen molar-refractivity contribution in [3.63, 3.8) is 0 Å². The molecule has 0 aliphatic carbocycles. The molecule has 2 aromatic rings. The lowest BCUT2D eigenvalue weighted by Crippen LogP contribution is -2.45. The zero-order valence-corrected chi connectivity index (χ0v) is 15.2. The molecule has 1 atom stereocenters. The molecule has 0 bridgehead atoms. The standard InChI is InChI=1S/C19H26N6O/c1-23-6-8-24(9-7-23)17-11-18(22-19(20)21-17)25-12-15-5-3-2-4-14(15)10-16(25)13-26/h2-5,11,16,26H,6-10,12-13H2,1H3,(H2,20,21,22)/t16-/m0/s1. The van der Waals surface area contributed by atoms with Gasteiger partial charge in [0.25, 0.3) is 0 Å². The van der Waals surface area contributed by atoms with Crippen LogP contribution in [0.2, 0.25) is 0 Å². The van der Waals surface area contributed by atoms with E-state index in [-0.39, 0.29) is 18.6 Å². The number of aliphatic hydroxyl groups is 1. The smallest absolute Gasteiger partial charge is 0.223 e. The third-order valence-electron chi connectivity index (χ3n) is 5.40. The molecule has 1 fully saturated rings. The van der Waals surface area contributed by atoms with Crippen molar-refractivity contribution in [1.82, 2.24) is 14.9 Å². The molecule has 3 heterocycles. The summed E-state index contributed by atoms with van der Waals surface area (Å²) >= 11 is 0. The summed E-state index contributed by atoms with van der Waals surface area (Å²) in [5.74, 6) is 1.95. The van der Waals surface area contributed by atoms with Crippen molar-refractivity contribution in [2.45, 2.75) is 19.0 Å². The van der Waals surface area contributed by atoms with E-state index in [1.165, 1.54) is 11.1 Å². The maximum atomic E-state index is 9.93. The highest BCUT2D eigenvalue weighted by Gasteiger charge is 2.28. The maximum absolute atomic E-state index is 9.93. The van der Waals surface area contributed by atoms with E-state index >= 15 is 0 Å². The summed E-state index contributed by atoms with van der Waals surface area (Å²) in [6.45, 7) is 4.69. The van der Waals surface area contributed by atoms with Crippen molar-refractivity contribution in [3.05, 3.63) is 41.5 Å². The van der Waals surface area contributed by atoms with Crippen LogP contribution in [0.25, 0.3) is 0 Å². The van der Waals surface area contributed by atoms with Gasteiger partial charge in [-0.05, 0) is 24.6 Å². The number of rotatable bonds is 3. The zero-order chi connectivity index (χ0) is 18.1. The third kappa shape index (κ3) is 3.32. The molecule has 1 aromatic heterocycles. The number of nitrogen functional groups attached to an aromatic ring is 1. The van der Waals surface area contributed by atoms with Gasteiger partial charge in [-0.25, -0.2) is 0 Å². The highest BCUT2D eigenvalue weighted by Crippen LogP contribution is 2.29. The molecule has 26 heavy (non-hydrogen) atoms. The summed E-state index contributed by atoms with van der Waals surface area (Å²) in [6, 6.07) is 10.4. The maximum Gasteiger partial charge on any atom is 0.223 e. The van der Waals surface area contributed by atoms with Crippen molar-refractivity contribution >= 4 is 17.6 Å². The number of aliphatic hydroxyl groups excluding tert-OH is 1. The number of hydrogen-bond donors (Lipinski definition) is 2. The quantitative estimate of drug-likeness (QED) is 0.841. The van der Waals surface area contributed by atoms with Crippen molar-refractivity contribution in [2.24, 2.45) is 0 Å². The van der Waals surface area contributed by atoms with E-state index in [1.807, 2.05) is 6.07 Å². The van der Waals surface area contributed by atoms with E-state index in [2.05, 4.69) is 56.0 Å². The minimum absolute atomic E-state index is 0.000427. The van der Waals surface area contributed by atoms with Gasteiger partial charge in [0.1, 0.15) is 11.6 Å². The van der Waals surface area contributed by atoms with Crippen LogP contribution in [0.15, 0.2) is 30.3 Å². The summed E-state index contributed by atoms with van der Waals surface area (Å²) in [5.41, 5.74) is 8.60. The Morgan fingerprint density at radius 2 is 1.77 bits per heavy atom. The number of aromatic nitrogens is 2. The second-order valence-electron chi connectivity index (χ2n) is 7.17. The Kier molecular flexibility index (Phi) is 4.65. The second kappa shape index (κ2) is 7.09. The first-order chi connectivity index (χ1) is 12.6. The molecule has 3 N–H and O–H groups in total. The molecule has 0 radical (unpaired) electrons. The Labute approximate surface area is 154 Å². The van der Waals surface area contributed by atoms with Crippen LogP contribution in [-0.4, -0.2) is 65.8 Å². The molecule has 7 nitrogen and oxygen atoms in total. The lowest BCUT2D eigenvalue weighted by atomic mass is 9.94. The first-order valence-corrected chi connectivity index (χ1v) is 9.16. The number of nitrogens with two attached hydrogens (primary N) is 1. The Bertz CT molecular complexity index is 774. The lowest BCUT2D eigenvalue weighted by Gasteiger charge is -2.38. The van der Waals surface area contributed by atoms with Crippen LogP contribution in [0, 0.1) is 0 Å². The van der Waals surface area contributed by atoms with Crippen molar-refractivity contribution in [2.75, 3.05) is 55.4 Å². The number of piperazine rings is 1. The molecule has 1 saturated heterocycles. The first kappa shape index (κ1) is 17.1. The molecule has 2 aliphatic rings. The molecule has 2 aliphatic heterocycles. The van der Waals surface area contributed by atoms with Crippen LogP contribution in [0.5, 0.6) is 0 Å². The van der Waals surface area contributed by atoms with Crippen LogP contribution >= 0.6 is 0 Å². The van der Waals surface area contributed by atoms with Gasteiger partial charge in [-0.15, -0.1) is 0 Å². The van der Waals surface area contributed by atoms with Gasteiger partial charge in [-0.2, -0.15) is 9.97 Å². The van der Waals surface area contributed by atoms with E-state index in [0.717, 1.165) is 50.8 Å². The van der Waals surface area contributed by atoms with Crippen molar-refractivity contribution < 1.29 is 5.11 Å². The number of fused-ring (bicyclic) bond motifs is 1. The van der Waals surface area contributed by atoms with Crippen molar-refractivity contribution in [3.8, 4) is 0 Å². The molecular formula is C19H26N6O. The molecule has 1 aromatic carbocycles. The van der Waals surface area contributed by atoms with E-state index in [9.17, 15) is 5.11 Å². The monoisotopic (exact) mass is 354 g/mol. The van der Waals surface area contributed by atoms with E-state index in [4.69, 9.17) is 5.73 Å². The predicted molar refractivity (Wildman–Crippen MR) is 103 cm³/mol. The SMILES string of the molecule is CN1CCN(c2cc(N3Cc4ccccc4C[C@H]3CO)nc(N)n2)CC1. The summed E-state index contributed by atoms with van der Waals surface area (Å²) < 4.78 is 0. The van der Waals surface area contributed by atoms with Gasteiger partial charge in [-0.1, -0.05) is 24.3 Å². The minimum Gasteiger partial charge on any atom is -0.394 e. The number of hydrogen-bond acceptors (Lipinski definition) is 7. The molecule has 0 spiro atoms. The fraction of sp³-hybridized carbons (Fsp3) is 0.474. The topological polar surface area (TPSA) is 81.8 Å². The minimum atomic E-state index is -0.000427. The zero-order valence-electron chi connectivity index (χ0n) is 15.2. The summed E-state index contributed by atoms with van der Waals surface area (Å²) in [6.07, 6.45) is 0.806. The summed E-state index contributed by atoms with van der Waals surface area (Å²) in [4.78, 5) is 15.7. The summed E-state index contributed by atoms with van der Waals surface area (Å²) in [5, 5.41) is 9.93. The van der Waals surface area contributed by atoms with E-state index < -0.39 is 0 Å². The van der Waals surface area contributed by atoms with Gasteiger partial charge >= 0.3 is 0 Å². The number of benzene rings is 1. The van der Waals surface area contributed by atoms with Gasteiger partial charge in [-0.3, -0.25) is 0 Å². The van der Waals surface area contributed by atoms with Crippen LogP contribution < -0.4 is 15.5 Å². The highest BCUT2D eigenvalue weighted by molar-refractivity contribution is 5.56. The fourth-order valence-electron chi connectivity index (χ4n) is 3.80. The molecule has 0 unspecified atom stereocenters. The normalized spacial score (nSPS) is 20.9. The second-order valence-corrected chi connectivity index (χ2v) is 7.17. The Morgan fingerprint density at radius 3 is 2.50 bits per heavy atom. The van der Waals surface area contributed by atoms with Gasteiger partial charge in [0.05, 0.1) is 12.6 Å². The molecular weight excluding hydrogens is 328 g/mol. The van der Waals surface area contributed by atoms with Gasteiger partial charge in [0.2, 0.25) is 5.95 Å².